The molecular formula is C18H18ClF2IN2O3. The molecule has 146 valence electrons. The van der Waals surface area contributed by atoms with Gasteiger partial charge in [-0.1, -0.05) is 18.5 Å². The van der Waals surface area contributed by atoms with E-state index in [0.717, 1.165) is 15.2 Å². The first-order valence-corrected chi connectivity index (χ1v) is 9.51. The summed E-state index contributed by atoms with van der Waals surface area (Å²) in [5.41, 5.74) is 2.83. The van der Waals surface area contributed by atoms with E-state index < -0.39 is 28.7 Å². The fraction of sp³-hybridized carbons (Fsp3) is 0.278. The summed E-state index contributed by atoms with van der Waals surface area (Å²) in [4.78, 5) is 17.5. The molecule has 0 heterocycles. The van der Waals surface area contributed by atoms with E-state index in [2.05, 4.69) is 33.4 Å². The minimum atomic E-state index is -1.28. The zero-order valence-electron chi connectivity index (χ0n) is 14.6. The Hall–Kier alpha value is -1.49. The summed E-state index contributed by atoms with van der Waals surface area (Å²) in [5.74, 6) is -3.37. The standard InChI is InChI=1S/C18H18ClF2IN2O3/c1-3-11(8-25)27-24-18(26)12-7-13(19)15(20)16(21)17(12)23-14-5-4-10(22)6-9(14)2/h4-7,11,23,25H,3,8H2,1-2H3,(H,24,26). The van der Waals surface area contributed by atoms with E-state index in [4.69, 9.17) is 21.5 Å². The van der Waals surface area contributed by atoms with Gasteiger partial charge in [-0.05, 0) is 65.8 Å². The van der Waals surface area contributed by atoms with Crippen LogP contribution in [0.5, 0.6) is 0 Å². The lowest BCUT2D eigenvalue weighted by Gasteiger charge is -2.17. The molecule has 3 N–H and O–H groups in total. The van der Waals surface area contributed by atoms with Crippen LogP contribution in [0.25, 0.3) is 0 Å². The smallest absolute Gasteiger partial charge is 0.277 e. The summed E-state index contributed by atoms with van der Waals surface area (Å²) in [5, 5.41) is 11.3. The average Bonchev–Trinajstić information content (AvgIpc) is 2.64. The summed E-state index contributed by atoms with van der Waals surface area (Å²) < 4.78 is 29.5. The molecule has 27 heavy (non-hydrogen) atoms. The van der Waals surface area contributed by atoms with Crippen LogP contribution in [-0.4, -0.2) is 23.7 Å². The van der Waals surface area contributed by atoms with Gasteiger partial charge in [0.1, 0.15) is 6.10 Å². The van der Waals surface area contributed by atoms with E-state index in [9.17, 15) is 13.6 Å². The minimum Gasteiger partial charge on any atom is -0.394 e. The zero-order valence-corrected chi connectivity index (χ0v) is 17.5. The summed E-state index contributed by atoms with van der Waals surface area (Å²) in [6.45, 7) is 3.25. The molecule has 0 aliphatic rings. The van der Waals surface area contributed by atoms with E-state index in [0.29, 0.717) is 12.1 Å². The van der Waals surface area contributed by atoms with E-state index in [-0.39, 0.29) is 17.9 Å². The Bertz CT molecular complexity index is 848. The summed E-state index contributed by atoms with van der Waals surface area (Å²) in [6, 6.07) is 6.35. The van der Waals surface area contributed by atoms with Gasteiger partial charge in [-0.3, -0.25) is 9.63 Å². The molecule has 1 unspecified atom stereocenters. The molecule has 5 nitrogen and oxygen atoms in total. The normalized spacial score (nSPS) is 12.0. The monoisotopic (exact) mass is 510 g/mol. The fourth-order valence-electron chi connectivity index (χ4n) is 2.24. The number of aryl methyl sites for hydroxylation is 1. The Morgan fingerprint density at radius 3 is 2.63 bits per heavy atom. The molecular weight excluding hydrogens is 493 g/mol. The Morgan fingerprint density at radius 1 is 1.33 bits per heavy atom. The highest BCUT2D eigenvalue weighted by molar-refractivity contribution is 14.1. The molecule has 0 aliphatic heterocycles. The molecule has 0 fully saturated rings. The first-order valence-electron chi connectivity index (χ1n) is 8.06. The second-order valence-corrected chi connectivity index (χ2v) is 7.41. The van der Waals surface area contributed by atoms with Crippen LogP contribution in [0, 0.1) is 22.1 Å². The number of aliphatic hydroxyl groups is 1. The van der Waals surface area contributed by atoms with Crippen LogP contribution in [0.1, 0.15) is 29.3 Å². The molecule has 0 saturated heterocycles. The molecule has 0 spiro atoms. The van der Waals surface area contributed by atoms with Crippen molar-refractivity contribution in [3.05, 3.63) is 55.6 Å². The maximum atomic E-state index is 14.5. The molecule has 1 amide bonds. The maximum absolute atomic E-state index is 14.5. The number of aliphatic hydroxyl groups excluding tert-OH is 1. The van der Waals surface area contributed by atoms with E-state index >= 15 is 0 Å². The molecule has 9 heteroatoms. The second kappa shape index (κ2) is 9.63. The molecule has 2 aromatic carbocycles. The molecule has 0 bridgehead atoms. The van der Waals surface area contributed by atoms with E-state index in [1.54, 1.807) is 26.0 Å². The van der Waals surface area contributed by atoms with Crippen LogP contribution < -0.4 is 10.8 Å². The number of anilines is 2. The van der Waals surface area contributed by atoms with Crippen molar-refractivity contribution >= 4 is 51.5 Å². The second-order valence-electron chi connectivity index (χ2n) is 5.76. The Balaban J connectivity index is 2.40. The van der Waals surface area contributed by atoms with E-state index in [1.165, 1.54) is 0 Å². The van der Waals surface area contributed by atoms with Gasteiger partial charge in [-0.25, -0.2) is 14.3 Å². The van der Waals surface area contributed by atoms with Gasteiger partial charge in [0.05, 0.1) is 22.9 Å². The van der Waals surface area contributed by atoms with Gasteiger partial charge in [0.25, 0.3) is 5.91 Å². The number of rotatable bonds is 7. The lowest BCUT2D eigenvalue weighted by atomic mass is 10.1. The van der Waals surface area contributed by atoms with Crippen LogP contribution in [0.3, 0.4) is 0 Å². The number of hydroxylamine groups is 1. The predicted octanol–water partition coefficient (Wildman–Crippen LogP) is 4.71. The number of amides is 1. The maximum Gasteiger partial charge on any atom is 0.277 e. The van der Waals surface area contributed by atoms with Gasteiger partial charge in [-0.2, -0.15) is 0 Å². The molecule has 2 aromatic rings. The third-order valence-electron chi connectivity index (χ3n) is 3.83. The van der Waals surface area contributed by atoms with Crippen molar-refractivity contribution in [3.8, 4) is 0 Å². The lowest BCUT2D eigenvalue weighted by Crippen LogP contribution is -2.31. The van der Waals surface area contributed by atoms with Crippen molar-refractivity contribution in [2.75, 3.05) is 11.9 Å². The molecule has 1 atom stereocenters. The molecule has 0 aromatic heterocycles. The number of hydrogen-bond donors (Lipinski definition) is 3. The number of halogens is 4. The van der Waals surface area contributed by atoms with Gasteiger partial charge < -0.3 is 10.4 Å². The number of hydrogen-bond acceptors (Lipinski definition) is 4. The first-order chi connectivity index (χ1) is 12.8. The number of nitrogens with one attached hydrogen (secondary N) is 2. The van der Waals surface area contributed by atoms with Gasteiger partial charge in [0.2, 0.25) is 0 Å². The zero-order chi connectivity index (χ0) is 20.1. The number of carbonyl (C=O) groups is 1. The molecule has 0 radical (unpaired) electrons. The van der Waals surface area contributed by atoms with Gasteiger partial charge in [0, 0.05) is 9.26 Å². The first kappa shape index (κ1) is 21.8. The summed E-state index contributed by atoms with van der Waals surface area (Å²) in [7, 11) is 0. The highest BCUT2D eigenvalue weighted by Gasteiger charge is 2.23. The highest BCUT2D eigenvalue weighted by atomic mass is 127. The lowest BCUT2D eigenvalue weighted by molar-refractivity contribution is -0.0408. The van der Waals surface area contributed by atoms with Crippen molar-refractivity contribution in [2.24, 2.45) is 0 Å². The summed E-state index contributed by atoms with van der Waals surface area (Å²) in [6.07, 6.45) is -0.174. The average molecular weight is 511 g/mol. The van der Waals surface area contributed by atoms with Crippen molar-refractivity contribution < 1.29 is 23.5 Å². The fourth-order valence-corrected chi connectivity index (χ4v) is 3.08. The van der Waals surface area contributed by atoms with Gasteiger partial charge >= 0.3 is 0 Å². The van der Waals surface area contributed by atoms with Crippen LogP contribution in [-0.2, 0) is 4.84 Å². The third-order valence-corrected chi connectivity index (χ3v) is 4.78. The van der Waals surface area contributed by atoms with Crippen molar-refractivity contribution in [1.29, 1.82) is 0 Å². The summed E-state index contributed by atoms with van der Waals surface area (Å²) >= 11 is 7.83. The third kappa shape index (κ3) is 5.28. The van der Waals surface area contributed by atoms with Crippen molar-refractivity contribution in [2.45, 2.75) is 26.4 Å². The SMILES string of the molecule is CCC(CO)ONC(=O)c1cc(Cl)c(F)c(F)c1Nc1ccc(I)cc1C. The number of carbonyl (C=O) groups excluding carboxylic acids is 1. The van der Waals surface area contributed by atoms with Gasteiger partial charge in [0.15, 0.2) is 11.6 Å². The molecule has 0 saturated carbocycles. The number of benzene rings is 2. The van der Waals surface area contributed by atoms with E-state index in [1.807, 2.05) is 6.07 Å². The van der Waals surface area contributed by atoms with Crippen LogP contribution in [0.4, 0.5) is 20.2 Å². The van der Waals surface area contributed by atoms with Crippen molar-refractivity contribution in [1.82, 2.24) is 5.48 Å². The topological polar surface area (TPSA) is 70.6 Å². The molecule has 0 aliphatic carbocycles. The largest absolute Gasteiger partial charge is 0.394 e. The van der Waals surface area contributed by atoms with Gasteiger partial charge in [-0.15, -0.1) is 0 Å². The van der Waals surface area contributed by atoms with Crippen LogP contribution in [0.2, 0.25) is 5.02 Å². The van der Waals surface area contributed by atoms with Crippen molar-refractivity contribution in [3.63, 3.8) is 0 Å². The highest BCUT2D eigenvalue weighted by Crippen LogP contribution is 2.32. The molecule has 2 rings (SSSR count). The quantitative estimate of drug-likeness (QED) is 0.287. The van der Waals surface area contributed by atoms with Crippen LogP contribution in [0.15, 0.2) is 24.3 Å². The Morgan fingerprint density at radius 2 is 2.04 bits per heavy atom. The van der Waals surface area contributed by atoms with Crippen LogP contribution >= 0.6 is 34.2 Å². The predicted molar refractivity (Wildman–Crippen MR) is 108 cm³/mol. The Labute approximate surface area is 174 Å². The Kier molecular flexibility index (Phi) is 7.78. The minimum absolute atomic E-state index is 0.232.